The fourth-order valence-corrected chi connectivity index (χ4v) is 1.78. The number of nitrogens with zero attached hydrogens (tertiary/aromatic N) is 3. The van der Waals surface area contributed by atoms with E-state index in [1.807, 2.05) is 6.92 Å². The molecule has 2 N–H and O–H groups in total. The number of anilines is 1. The van der Waals surface area contributed by atoms with E-state index < -0.39 is 0 Å². The van der Waals surface area contributed by atoms with Crippen LogP contribution in [0.3, 0.4) is 0 Å². The van der Waals surface area contributed by atoms with Gasteiger partial charge in [0.25, 0.3) is 0 Å². The molecule has 0 atom stereocenters. The molecule has 0 aliphatic carbocycles. The summed E-state index contributed by atoms with van der Waals surface area (Å²) in [6, 6.07) is 5.36. The zero-order valence-corrected chi connectivity index (χ0v) is 12.0. The molecule has 0 fully saturated rings. The smallest absolute Gasteiger partial charge is 0.321 e. The van der Waals surface area contributed by atoms with Gasteiger partial charge >= 0.3 is 6.01 Å². The third kappa shape index (κ3) is 3.27. The van der Waals surface area contributed by atoms with Crippen molar-refractivity contribution >= 4 is 17.5 Å². The van der Waals surface area contributed by atoms with E-state index in [0.29, 0.717) is 28.8 Å². The second kappa shape index (κ2) is 6.38. The fraction of sp³-hybridized carbons (Fsp3) is 0.308. The average Bonchev–Trinajstić information content (AvgIpc) is 2.44. The molecular weight excluding hydrogens is 280 g/mol. The minimum atomic E-state index is 0.0862. The highest BCUT2D eigenvalue weighted by molar-refractivity contribution is 6.30. The Hall–Kier alpha value is -2.08. The fourth-order valence-electron chi connectivity index (χ4n) is 1.61. The van der Waals surface area contributed by atoms with Gasteiger partial charge in [-0.3, -0.25) is 0 Å². The quantitative estimate of drug-likeness (QED) is 0.912. The molecule has 0 spiro atoms. The van der Waals surface area contributed by atoms with E-state index in [1.54, 1.807) is 25.3 Å². The van der Waals surface area contributed by atoms with Crippen molar-refractivity contribution in [2.45, 2.75) is 13.3 Å². The summed E-state index contributed by atoms with van der Waals surface area (Å²) in [4.78, 5) is 12.3. The molecule has 0 aliphatic heterocycles. The van der Waals surface area contributed by atoms with Crippen molar-refractivity contribution in [2.24, 2.45) is 0 Å². The Morgan fingerprint density at radius 3 is 2.75 bits per heavy atom. The predicted octanol–water partition coefficient (Wildman–Crippen LogP) is 2.57. The van der Waals surface area contributed by atoms with Gasteiger partial charge in [-0.1, -0.05) is 18.5 Å². The first-order valence-electron chi connectivity index (χ1n) is 6.12. The van der Waals surface area contributed by atoms with Crippen LogP contribution in [-0.4, -0.2) is 28.7 Å². The molecule has 1 aromatic heterocycles. The lowest BCUT2D eigenvalue weighted by Crippen LogP contribution is -2.06. The first-order valence-corrected chi connectivity index (χ1v) is 6.50. The zero-order valence-electron chi connectivity index (χ0n) is 11.3. The number of halogens is 1. The highest BCUT2D eigenvalue weighted by atomic mass is 35.5. The molecule has 0 radical (unpaired) electrons. The number of aromatic nitrogens is 3. The molecule has 20 heavy (non-hydrogen) atoms. The van der Waals surface area contributed by atoms with Crippen molar-refractivity contribution in [3.05, 3.63) is 23.2 Å². The Balaban J connectivity index is 2.46. The summed E-state index contributed by atoms with van der Waals surface area (Å²) in [6.45, 7) is 2.50. The van der Waals surface area contributed by atoms with Crippen LogP contribution in [0.1, 0.15) is 13.3 Å². The molecule has 0 saturated heterocycles. The molecule has 1 aromatic carbocycles. The summed E-state index contributed by atoms with van der Waals surface area (Å²) < 4.78 is 10.7. The number of rotatable bonds is 5. The van der Waals surface area contributed by atoms with Gasteiger partial charge in [0.1, 0.15) is 5.75 Å². The Labute approximate surface area is 121 Å². The van der Waals surface area contributed by atoms with Gasteiger partial charge in [-0.2, -0.15) is 15.0 Å². The number of hydrogen-bond donors (Lipinski definition) is 1. The van der Waals surface area contributed by atoms with Crippen LogP contribution < -0.4 is 15.2 Å². The second-order valence-electron chi connectivity index (χ2n) is 3.99. The summed E-state index contributed by atoms with van der Waals surface area (Å²) in [6.07, 6.45) is 0.849. The summed E-state index contributed by atoms with van der Waals surface area (Å²) in [7, 11) is 1.56. The Morgan fingerprint density at radius 2 is 2.05 bits per heavy atom. The lowest BCUT2D eigenvalue weighted by Gasteiger charge is -2.09. The first-order chi connectivity index (χ1) is 9.63. The average molecular weight is 295 g/mol. The number of nitrogens with two attached hydrogens (primary N) is 1. The van der Waals surface area contributed by atoms with Crippen molar-refractivity contribution in [1.82, 2.24) is 15.0 Å². The maximum absolute atomic E-state index is 6.00. The molecule has 2 rings (SSSR count). The molecule has 0 amide bonds. The van der Waals surface area contributed by atoms with Crippen LogP contribution in [0, 0.1) is 0 Å². The Kier molecular flexibility index (Phi) is 4.57. The molecule has 6 nitrogen and oxygen atoms in total. The van der Waals surface area contributed by atoms with Gasteiger partial charge in [-0.05, 0) is 24.6 Å². The van der Waals surface area contributed by atoms with E-state index >= 15 is 0 Å². The van der Waals surface area contributed by atoms with E-state index in [2.05, 4.69) is 15.0 Å². The Morgan fingerprint density at radius 1 is 1.25 bits per heavy atom. The van der Waals surface area contributed by atoms with Gasteiger partial charge in [-0.25, -0.2) is 0 Å². The number of hydrogen-bond acceptors (Lipinski definition) is 6. The lowest BCUT2D eigenvalue weighted by atomic mass is 10.2. The van der Waals surface area contributed by atoms with Crippen LogP contribution in [0.15, 0.2) is 18.2 Å². The predicted molar refractivity (Wildman–Crippen MR) is 77.0 cm³/mol. The highest BCUT2D eigenvalue weighted by Gasteiger charge is 2.13. The van der Waals surface area contributed by atoms with Crippen molar-refractivity contribution in [3.8, 4) is 23.1 Å². The van der Waals surface area contributed by atoms with Gasteiger partial charge < -0.3 is 15.2 Å². The SMILES string of the molecule is CCCOc1nc(N)nc(-c2cc(Cl)ccc2OC)n1. The topological polar surface area (TPSA) is 83.2 Å². The molecule has 0 aliphatic rings. The zero-order chi connectivity index (χ0) is 14.5. The maximum Gasteiger partial charge on any atom is 0.321 e. The van der Waals surface area contributed by atoms with E-state index in [0.717, 1.165) is 6.42 Å². The van der Waals surface area contributed by atoms with Crippen LogP contribution in [-0.2, 0) is 0 Å². The summed E-state index contributed by atoms with van der Waals surface area (Å²) in [5.74, 6) is 1.05. The van der Waals surface area contributed by atoms with E-state index in [9.17, 15) is 0 Å². The van der Waals surface area contributed by atoms with Gasteiger partial charge in [0, 0.05) is 5.02 Å². The summed E-state index contributed by atoms with van der Waals surface area (Å²) >= 11 is 6.00. The van der Waals surface area contributed by atoms with Gasteiger partial charge in [0.05, 0.1) is 19.3 Å². The third-order valence-corrected chi connectivity index (χ3v) is 2.71. The monoisotopic (exact) mass is 294 g/mol. The Bertz CT molecular complexity index is 607. The first kappa shape index (κ1) is 14.3. The molecular formula is C13H15ClN4O2. The highest BCUT2D eigenvalue weighted by Crippen LogP contribution is 2.31. The van der Waals surface area contributed by atoms with Crippen molar-refractivity contribution < 1.29 is 9.47 Å². The van der Waals surface area contributed by atoms with Gasteiger partial charge in [0.15, 0.2) is 5.82 Å². The van der Waals surface area contributed by atoms with Crippen LogP contribution in [0.2, 0.25) is 5.02 Å². The van der Waals surface area contributed by atoms with Crippen molar-refractivity contribution in [3.63, 3.8) is 0 Å². The standard InChI is InChI=1S/C13H15ClN4O2/c1-3-6-20-13-17-11(16-12(15)18-13)9-7-8(14)4-5-10(9)19-2/h4-5,7H,3,6H2,1-2H3,(H2,15,16,17,18). The minimum absolute atomic E-state index is 0.0862. The normalized spacial score (nSPS) is 10.3. The number of ether oxygens (including phenoxy) is 2. The number of benzene rings is 1. The summed E-state index contributed by atoms with van der Waals surface area (Å²) in [5.41, 5.74) is 6.32. The summed E-state index contributed by atoms with van der Waals surface area (Å²) in [5, 5.41) is 0.552. The maximum atomic E-state index is 6.00. The van der Waals surface area contributed by atoms with Crippen LogP contribution in [0.25, 0.3) is 11.4 Å². The van der Waals surface area contributed by atoms with Gasteiger partial charge in [-0.15, -0.1) is 0 Å². The largest absolute Gasteiger partial charge is 0.496 e. The molecule has 0 bridgehead atoms. The van der Waals surface area contributed by atoms with Crippen molar-refractivity contribution in [2.75, 3.05) is 19.5 Å². The molecule has 0 unspecified atom stereocenters. The van der Waals surface area contributed by atoms with Gasteiger partial charge in [0.2, 0.25) is 5.95 Å². The van der Waals surface area contributed by atoms with Crippen LogP contribution >= 0.6 is 11.6 Å². The molecule has 7 heteroatoms. The van der Waals surface area contributed by atoms with Crippen molar-refractivity contribution in [1.29, 1.82) is 0 Å². The van der Waals surface area contributed by atoms with E-state index in [-0.39, 0.29) is 12.0 Å². The second-order valence-corrected chi connectivity index (χ2v) is 4.43. The molecule has 0 saturated carbocycles. The number of nitrogen functional groups attached to an aromatic ring is 1. The van der Waals surface area contributed by atoms with Crippen LogP contribution in [0.5, 0.6) is 11.8 Å². The molecule has 106 valence electrons. The molecule has 2 aromatic rings. The lowest BCUT2D eigenvalue weighted by molar-refractivity contribution is 0.292. The van der Waals surface area contributed by atoms with E-state index in [4.69, 9.17) is 26.8 Å². The van der Waals surface area contributed by atoms with E-state index in [1.165, 1.54) is 0 Å². The minimum Gasteiger partial charge on any atom is -0.496 e. The van der Waals surface area contributed by atoms with Crippen LogP contribution in [0.4, 0.5) is 5.95 Å². The third-order valence-electron chi connectivity index (χ3n) is 2.47. The molecule has 1 heterocycles. The number of methoxy groups -OCH3 is 1.